The number of nitrogens with zero attached hydrogens (tertiary/aromatic N) is 1. The molecule has 0 fully saturated rings. The van der Waals surface area contributed by atoms with Crippen molar-refractivity contribution in [2.45, 2.75) is 32.4 Å². The van der Waals surface area contributed by atoms with Gasteiger partial charge in [-0.2, -0.15) is 0 Å². The summed E-state index contributed by atoms with van der Waals surface area (Å²) >= 11 is 0. The van der Waals surface area contributed by atoms with Gasteiger partial charge in [0.05, 0.1) is 6.04 Å². The van der Waals surface area contributed by atoms with E-state index in [-0.39, 0.29) is 12.1 Å². The Kier molecular flexibility index (Phi) is 3.81. The fraction of sp³-hybridized carbons (Fsp3) is 0.421. The Morgan fingerprint density at radius 2 is 2.17 bits per heavy atom. The number of carbonyl (C=O) groups excluding carboxylic acids is 1. The highest BCUT2D eigenvalue weighted by Crippen LogP contribution is 2.37. The maximum atomic E-state index is 12.3. The van der Waals surface area contributed by atoms with Gasteiger partial charge in [-0.3, -0.25) is 0 Å². The SMILES string of the molecule is CCN(CC)C(=O)N[C@H]1C=C2c3cccc4[nH]cc(c34)C[C@H]2NC1. The van der Waals surface area contributed by atoms with Crippen LogP contribution in [0.2, 0.25) is 0 Å². The monoisotopic (exact) mass is 324 g/mol. The molecule has 0 bridgehead atoms. The lowest BCUT2D eigenvalue weighted by Crippen LogP contribution is -2.52. The van der Waals surface area contributed by atoms with E-state index in [0.717, 1.165) is 26.1 Å². The van der Waals surface area contributed by atoms with E-state index in [1.54, 1.807) is 0 Å². The van der Waals surface area contributed by atoms with Crippen LogP contribution in [0.25, 0.3) is 16.5 Å². The van der Waals surface area contributed by atoms with E-state index in [2.05, 4.69) is 46.1 Å². The van der Waals surface area contributed by atoms with Crippen molar-refractivity contribution < 1.29 is 4.79 Å². The molecule has 2 heterocycles. The zero-order valence-corrected chi connectivity index (χ0v) is 14.2. The molecule has 2 aromatic rings. The van der Waals surface area contributed by atoms with E-state index in [1.165, 1.54) is 27.6 Å². The van der Waals surface area contributed by atoms with E-state index in [4.69, 9.17) is 0 Å². The predicted octanol–water partition coefficient (Wildman–Crippen LogP) is 2.50. The van der Waals surface area contributed by atoms with Crippen LogP contribution in [-0.4, -0.2) is 47.6 Å². The molecule has 5 nitrogen and oxygen atoms in total. The van der Waals surface area contributed by atoms with E-state index in [1.807, 2.05) is 18.7 Å². The van der Waals surface area contributed by atoms with Gasteiger partial charge in [0.15, 0.2) is 0 Å². The third-order valence-corrected chi connectivity index (χ3v) is 5.22. The molecule has 0 saturated carbocycles. The van der Waals surface area contributed by atoms with Crippen molar-refractivity contribution in [2.24, 2.45) is 0 Å². The molecule has 1 aliphatic heterocycles. The van der Waals surface area contributed by atoms with Crippen molar-refractivity contribution in [3.05, 3.63) is 41.6 Å². The Hall–Kier alpha value is -2.27. The second-order valence-electron chi connectivity index (χ2n) is 6.56. The molecule has 0 saturated heterocycles. The number of hydrogen-bond acceptors (Lipinski definition) is 2. The van der Waals surface area contributed by atoms with Crippen molar-refractivity contribution in [2.75, 3.05) is 19.6 Å². The fourth-order valence-corrected chi connectivity index (χ4v) is 3.96. The van der Waals surface area contributed by atoms with Gasteiger partial charge in [-0.25, -0.2) is 4.79 Å². The van der Waals surface area contributed by atoms with Crippen molar-refractivity contribution in [1.82, 2.24) is 20.5 Å². The number of aromatic amines is 1. The van der Waals surface area contributed by atoms with Crippen molar-refractivity contribution >= 4 is 22.5 Å². The van der Waals surface area contributed by atoms with Crippen molar-refractivity contribution in [3.63, 3.8) is 0 Å². The molecule has 1 aliphatic carbocycles. The van der Waals surface area contributed by atoms with E-state index in [0.29, 0.717) is 6.04 Å². The van der Waals surface area contributed by atoms with Gasteiger partial charge in [0, 0.05) is 42.8 Å². The standard InChI is InChI=1S/C19H24N4O/c1-3-23(4-2)19(24)22-13-9-15-14-6-5-7-16-18(14)12(10-20-16)8-17(15)21-11-13/h5-7,9-10,13,17,20-21H,3-4,8,11H2,1-2H3,(H,22,24)/t13-,17+/m0/s1. The Bertz CT molecular complexity index is 803. The van der Waals surface area contributed by atoms with Crippen LogP contribution in [0.3, 0.4) is 0 Å². The van der Waals surface area contributed by atoms with Gasteiger partial charge in [0.1, 0.15) is 0 Å². The highest BCUT2D eigenvalue weighted by molar-refractivity contribution is 5.98. The zero-order valence-electron chi connectivity index (χ0n) is 14.2. The van der Waals surface area contributed by atoms with Gasteiger partial charge in [0.25, 0.3) is 0 Å². The van der Waals surface area contributed by atoms with Crippen molar-refractivity contribution in [1.29, 1.82) is 0 Å². The molecule has 1 aromatic carbocycles. The second-order valence-corrected chi connectivity index (χ2v) is 6.56. The second kappa shape index (κ2) is 5.98. The molecular weight excluding hydrogens is 300 g/mol. The molecule has 2 amide bonds. The largest absolute Gasteiger partial charge is 0.361 e. The fourth-order valence-electron chi connectivity index (χ4n) is 3.96. The molecule has 2 aliphatic rings. The van der Waals surface area contributed by atoms with Gasteiger partial charge in [-0.05, 0) is 43.0 Å². The Balaban J connectivity index is 1.65. The summed E-state index contributed by atoms with van der Waals surface area (Å²) < 4.78 is 0. The van der Waals surface area contributed by atoms with Crippen LogP contribution in [-0.2, 0) is 6.42 Å². The van der Waals surface area contributed by atoms with Gasteiger partial charge >= 0.3 is 6.03 Å². The minimum Gasteiger partial charge on any atom is -0.361 e. The number of carbonyl (C=O) groups is 1. The number of benzene rings is 1. The number of urea groups is 1. The number of fused-ring (bicyclic) bond motifs is 2. The average Bonchev–Trinajstić information content (AvgIpc) is 3.01. The number of amides is 2. The van der Waals surface area contributed by atoms with Crippen LogP contribution in [0.1, 0.15) is 25.0 Å². The summed E-state index contributed by atoms with van der Waals surface area (Å²) in [7, 11) is 0. The summed E-state index contributed by atoms with van der Waals surface area (Å²) in [6.07, 6.45) is 5.37. The molecule has 2 atom stereocenters. The molecule has 0 spiro atoms. The number of aromatic nitrogens is 1. The lowest BCUT2D eigenvalue weighted by atomic mass is 9.82. The van der Waals surface area contributed by atoms with E-state index < -0.39 is 0 Å². The third-order valence-electron chi connectivity index (χ3n) is 5.22. The normalized spacial score (nSPS) is 22.0. The van der Waals surface area contributed by atoms with Gasteiger partial charge < -0.3 is 20.5 Å². The maximum Gasteiger partial charge on any atom is 0.317 e. The van der Waals surface area contributed by atoms with Gasteiger partial charge in [0.2, 0.25) is 0 Å². The van der Waals surface area contributed by atoms with E-state index in [9.17, 15) is 4.79 Å². The summed E-state index contributed by atoms with van der Waals surface area (Å²) in [5.74, 6) is 0. The minimum absolute atomic E-state index is 0.0125. The zero-order chi connectivity index (χ0) is 16.7. The first-order chi connectivity index (χ1) is 11.7. The Labute approximate surface area is 142 Å². The van der Waals surface area contributed by atoms with E-state index >= 15 is 0 Å². The lowest BCUT2D eigenvalue weighted by Gasteiger charge is -2.34. The minimum atomic E-state index is 0.0125. The van der Waals surface area contributed by atoms with Gasteiger partial charge in [-0.15, -0.1) is 0 Å². The molecule has 0 radical (unpaired) electrons. The lowest BCUT2D eigenvalue weighted by molar-refractivity contribution is 0.200. The first-order valence-corrected chi connectivity index (χ1v) is 8.81. The van der Waals surface area contributed by atoms with Crippen LogP contribution >= 0.6 is 0 Å². The summed E-state index contributed by atoms with van der Waals surface area (Å²) in [4.78, 5) is 17.5. The Morgan fingerprint density at radius 3 is 2.96 bits per heavy atom. The van der Waals surface area contributed by atoms with Crippen LogP contribution in [0.4, 0.5) is 4.79 Å². The number of H-pyrrole nitrogens is 1. The Morgan fingerprint density at radius 1 is 1.33 bits per heavy atom. The molecule has 0 unspecified atom stereocenters. The van der Waals surface area contributed by atoms with Crippen LogP contribution < -0.4 is 10.6 Å². The first kappa shape index (κ1) is 15.3. The molecule has 1 aromatic heterocycles. The summed E-state index contributed by atoms with van der Waals surface area (Å²) in [5.41, 5.74) is 5.16. The van der Waals surface area contributed by atoms with Crippen LogP contribution in [0.5, 0.6) is 0 Å². The summed E-state index contributed by atoms with van der Waals surface area (Å²) in [6.45, 7) is 6.25. The first-order valence-electron chi connectivity index (χ1n) is 8.81. The molecule has 24 heavy (non-hydrogen) atoms. The highest BCUT2D eigenvalue weighted by atomic mass is 16.2. The topological polar surface area (TPSA) is 60.2 Å². The summed E-state index contributed by atoms with van der Waals surface area (Å²) in [6, 6.07) is 6.78. The van der Waals surface area contributed by atoms with Crippen LogP contribution in [0, 0.1) is 0 Å². The molecule has 126 valence electrons. The highest BCUT2D eigenvalue weighted by Gasteiger charge is 2.30. The maximum absolute atomic E-state index is 12.3. The average molecular weight is 324 g/mol. The van der Waals surface area contributed by atoms with Crippen LogP contribution in [0.15, 0.2) is 30.5 Å². The number of hydrogen-bond donors (Lipinski definition) is 3. The molecule has 5 heteroatoms. The molecule has 4 rings (SSSR count). The summed E-state index contributed by atoms with van der Waals surface area (Å²) in [5, 5.41) is 8.08. The molecule has 3 N–H and O–H groups in total. The van der Waals surface area contributed by atoms with Crippen molar-refractivity contribution in [3.8, 4) is 0 Å². The van der Waals surface area contributed by atoms with Gasteiger partial charge in [-0.1, -0.05) is 18.2 Å². The third kappa shape index (κ3) is 2.40. The number of nitrogens with one attached hydrogen (secondary N) is 3. The quantitative estimate of drug-likeness (QED) is 0.812. The number of rotatable bonds is 3. The molecular formula is C19H24N4O. The smallest absolute Gasteiger partial charge is 0.317 e. The predicted molar refractivity (Wildman–Crippen MR) is 97.0 cm³/mol.